The Hall–Kier alpha value is -2.66. The molecule has 20 heavy (non-hydrogen) atoms. The van der Waals surface area contributed by atoms with E-state index in [1.807, 2.05) is 0 Å². The quantitative estimate of drug-likeness (QED) is 0.275. The van der Waals surface area contributed by atoms with E-state index in [0.717, 1.165) is 0 Å². The summed E-state index contributed by atoms with van der Waals surface area (Å²) in [5, 5.41) is 23.0. The van der Waals surface area contributed by atoms with E-state index in [4.69, 9.17) is 6.42 Å². The number of aromatic nitrogens is 3. The molecule has 0 N–H and O–H groups in total. The standard InChI is InChI=1S/C12H9N5O2S/c1-2-6-20-12-15-13-9-16(12)14-8-10-4-3-5-11(7-10)17(18)19/h1,3-5,7-9H,6H2/b14-8+. The van der Waals surface area contributed by atoms with Gasteiger partial charge in [-0.3, -0.25) is 10.1 Å². The zero-order valence-electron chi connectivity index (χ0n) is 10.2. The van der Waals surface area contributed by atoms with Gasteiger partial charge in [-0.1, -0.05) is 29.8 Å². The van der Waals surface area contributed by atoms with Crippen molar-refractivity contribution in [1.82, 2.24) is 14.9 Å². The summed E-state index contributed by atoms with van der Waals surface area (Å²) in [6, 6.07) is 6.17. The molecule has 1 aromatic heterocycles. The maximum atomic E-state index is 10.7. The number of terminal acetylenes is 1. The molecule has 0 aliphatic rings. The molecule has 1 heterocycles. The van der Waals surface area contributed by atoms with Gasteiger partial charge in [-0.25, -0.2) is 0 Å². The first-order valence-corrected chi connectivity index (χ1v) is 6.44. The Balaban J connectivity index is 2.17. The largest absolute Gasteiger partial charge is 0.270 e. The summed E-state index contributed by atoms with van der Waals surface area (Å²) < 4.78 is 1.46. The van der Waals surface area contributed by atoms with E-state index in [-0.39, 0.29) is 5.69 Å². The molecule has 2 rings (SSSR count). The van der Waals surface area contributed by atoms with Gasteiger partial charge in [0.05, 0.1) is 16.9 Å². The van der Waals surface area contributed by atoms with Crippen LogP contribution in [0.2, 0.25) is 0 Å². The van der Waals surface area contributed by atoms with Crippen LogP contribution in [0.1, 0.15) is 5.56 Å². The number of thioether (sulfide) groups is 1. The molecule has 0 aliphatic heterocycles. The van der Waals surface area contributed by atoms with Crippen LogP contribution in [0.5, 0.6) is 0 Å². The minimum Gasteiger partial charge on any atom is -0.258 e. The first kappa shape index (κ1) is 13.8. The fourth-order valence-corrected chi connectivity index (χ4v) is 1.89. The predicted molar refractivity (Wildman–Crippen MR) is 75.7 cm³/mol. The molecule has 0 spiro atoms. The SMILES string of the molecule is C#CCSc1nncn1/N=C/c1cccc([N+](=O)[O-])c1. The molecule has 2 aromatic rings. The Morgan fingerprint density at radius 3 is 3.20 bits per heavy atom. The average Bonchev–Trinajstić information content (AvgIpc) is 2.90. The van der Waals surface area contributed by atoms with Crippen molar-refractivity contribution >= 4 is 23.7 Å². The minimum atomic E-state index is -0.454. The topological polar surface area (TPSA) is 86.2 Å². The Labute approximate surface area is 118 Å². The Kier molecular flexibility index (Phi) is 4.47. The molecule has 0 radical (unpaired) electrons. The number of nitro groups is 1. The normalized spacial score (nSPS) is 10.6. The van der Waals surface area contributed by atoms with Crippen LogP contribution >= 0.6 is 11.8 Å². The van der Waals surface area contributed by atoms with Gasteiger partial charge in [0, 0.05) is 17.7 Å². The summed E-state index contributed by atoms with van der Waals surface area (Å²) >= 11 is 1.33. The highest BCUT2D eigenvalue weighted by atomic mass is 32.2. The molecular weight excluding hydrogens is 278 g/mol. The molecule has 100 valence electrons. The molecule has 0 fully saturated rings. The molecule has 1 aromatic carbocycles. The van der Waals surface area contributed by atoms with Crippen LogP contribution in [0.25, 0.3) is 0 Å². The fourth-order valence-electron chi connectivity index (χ4n) is 1.35. The van der Waals surface area contributed by atoms with Crippen LogP contribution in [0.4, 0.5) is 5.69 Å². The predicted octanol–water partition coefficient (Wildman–Crippen LogP) is 1.79. The molecule has 7 nitrogen and oxygen atoms in total. The third-order valence-corrected chi connectivity index (χ3v) is 3.04. The lowest BCUT2D eigenvalue weighted by Crippen LogP contribution is -1.93. The van der Waals surface area contributed by atoms with Crippen molar-refractivity contribution in [1.29, 1.82) is 0 Å². The molecule has 0 aliphatic carbocycles. The molecule has 0 amide bonds. The van der Waals surface area contributed by atoms with Crippen molar-refractivity contribution in [3.63, 3.8) is 0 Å². The van der Waals surface area contributed by atoms with E-state index in [9.17, 15) is 10.1 Å². The summed E-state index contributed by atoms with van der Waals surface area (Å²) in [4.78, 5) is 10.2. The summed E-state index contributed by atoms with van der Waals surface area (Å²) in [5.74, 6) is 2.95. The van der Waals surface area contributed by atoms with Crippen LogP contribution in [-0.2, 0) is 0 Å². The first-order valence-electron chi connectivity index (χ1n) is 5.46. The lowest BCUT2D eigenvalue weighted by atomic mass is 10.2. The van der Waals surface area contributed by atoms with Crippen LogP contribution < -0.4 is 0 Å². The smallest absolute Gasteiger partial charge is 0.258 e. The number of benzene rings is 1. The molecule has 8 heteroatoms. The molecule has 0 saturated carbocycles. The number of nitrogens with zero attached hydrogens (tertiary/aromatic N) is 5. The number of nitro benzene ring substituents is 1. The van der Waals surface area contributed by atoms with Gasteiger partial charge < -0.3 is 0 Å². The van der Waals surface area contributed by atoms with Crippen LogP contribution in [-0.4, -0.2) is 31.8 Å². The second kappa shape index (κ2) is 6.49. The second-order valence-electron chi connectivity index (χ2n) is 3.55. The van der Waals surface area contributed by atoms with Crippen LogP contribution in [0.15, 0.2) is 40.9 Å². The summed E-state index contributed by atoms with van der Waals surface area (Å²) in [6.45, 7) is 0. The summed E-state index contributed by atoms with van der Waals surface area (Å²) in [5.41, 5.74) is 0.625. The number of non-ortho nitro benzene ring substituents is 1. The zero-order valence-corrected chi connectivity index (χ0v) is 11.0. The van der Waals surface area contributed by atoms with E-state index in [1.54, 1.807) is 12.1 Å². The van der Waals surface area contributed by atoms with Crippen LogP contribution in [0, 0.1) is 22.5 Å². The van der Waals surface area contributed by atoms with Crippen LogP contribution in [0.3, 0.4) is 0 Å². The third-order valence-electron chi connectivity index (χ3n) is 2.20. The Morgan fingerprint density at radius 2 is 2.45 bits per heavy atom. The highest BCUT2D eigenvalue weighted by Crippen LogP contribution is 2.14. The van der Waals surface area contributed by atoms with Gasteiger partial charge in [-0.2, -0.15) is 9.78 Å². The Bertz CT molecular complexity index is 689. The van der Waals surface area contributed by atoms with E-state index in [2.05, 4.69) is 21.2 Å². The van der Waals surface area contributed by atoms with Crippen molar-refractivity contribution in [2.75, 3.05) is 5.75 Å². The lowest BCUT2D eigenvalue weighted by Gasteiger charge is -1.97. The van der Waals surface area contributed by atoms with Crippen molar-refractivity contribution in [3.05, 3.63) is 46.3 Å². The maximum absolute atomic E-state index is 10.7. The Morgan fingerprint density at radius 1 is 1.60 bits per heavy atom. The highest BCUT2D eigenvalue weighted by molar-refractivity contribution is 7.99. The first-order chi connectivity index (χ1) is 9.70. The van der Waals surface area contributed by atoms with E-state index in [0.29, 0.717) is 16.5 Å². The number of hydrogen-bond acceptors (Lipinski definition) is 6. The molecule has 0 atom stereocenters. The van der Waals surface area contributed by atoms with Gasteiger partial charge in [-0.15, -0.1) is 16.6 Å². The van der Waals surface area contributed by atoms with Gasteiger partial charge in [0.2, 0.25) is 5.16 Å². The second-order valence-corrected chi connectivity index (χ2v) is 4.49. The van der Waals surface area contributed by atoms with E-state index < -0.39 is 4.92 Å². The highest BCUT2D eigenvalue weighted by Gasteiger charge is 2.05. The third kappa shape index (κ3) is 3.43. The van der Waals surface area contributed by atoms with Gasteiger partial charge in [-0.05, 0) is 0 Å². The number of hydrogen-bond donors (Lipinski definition) is 0. The van der Waals surface area contributed by atoms with E-state index in [1.165, 1.54) is 41.1 Å². The molecule has 0 saturated heterocycles. The summed E-state index contributed by atoms with van der Waals surface area (Å²) in [7, 11) is 0. The monoisotopic (exact) mass is 287 g/mol. The van der Waals surface area contributed by atoms with Crippen molar-refractivity contribution in [2.24, 2.45) is 5.10 Å². The van der Waals surface area contributed by atoms with Crippen molar-refractivity contribution in [3.8, 4) is 12.3 Å². The molecule has 0 bridgehead atoms. The minimum absolute atomic E-state index is 0.0136. The van der Waals surface area contributed by atoms with Gasteiger partial charge in [0.1, 0.15) is 6.33 Å². The van der Waals surface area contributed by atoms with Crippen molar-refractivity contribution < 1.29 is 4.92 Å². The van der Waals surface area contributed by atoms with Crippen molar-refractivity contribution in [2.45, 2.75) is 5.16 Å². The lowest BCUT2D eigenvalue weighted by molar-refractivity contribution is -0.384. The van der Waals surface area contributed by atoms with Gasteiger partial charge >= 0.3 is 0 Å². The average molecular weight is 287 g/mol. The maximum Gasteiger partial charge on any atom is 0.270 e. The zero-order chi connectivity index (χ0) is 14.4. The van der Waals surface area contributed by atoms with Gasteiger partial charge in [0.25, 0.3) is 5.69 Å². The van der Waals surface area contributed by atoms with E-state index >= 15 is 0 Å². The summed E-state index contributed by atoms with van der Waals surface area (Å²) in [6.07, 6.45) is 8.11. The molecular formula is C12H9N5O2S. The number of rotatable bonds is 5. The van der Waals surface area contributed by atoms with Gasteiger partial charge in [0.15, 0.2) is 0 Å². The molecule has 0 unspecified atom stereocenters. The fraction of sp³-hybridized carbons (Fsp3) is 0.0833.